The number of rotatable bonds is 5. The Kier molecular flexibility index (Phi) is 5.33. The van der Waals surface area contributed by atoms with E-state index >= 15 is 0 Å². The Morgan fingerprint density at radius 3 is 2.69 bits per heavy atom. The summed E-state index contributed by atoms with van der Waals surface area (Å²) >= 11 is 0. The minimum Gasteiger partial charge on any atom is -0.353 e. The van der Waals surface area contributed by atoms with E-state index in [2.05, 4.69) is 46.4 Å². The fourth-order valence-corrected chi connectivity index (χ4v) is 4.14. The van der Waals surface area contributed by atoms with Gasteiger partial charge >= 0.3 is 0 Å². The monoisotopic (exact) mass is 426 g/mol. The Hall–Kier alpha value is -3.71. The second-order valence-corrected chi connectivity index (χ2v) is 8.42. The average molecular weight is 427 g/mol. The minimum atomic E-state index is 0.0847. The number of aromatic nitrogens is 3. The number of aromatic amines is 1. The zero-order valence-corrected chi connectivity index (χ0v) is 18.2. The fourth-order valence-electron chi connectivity index (χ4n) is 4.14. The quantitative estimate of drug-likeness (QED) is 0.501. The number of carbonyl (C=O) groups excluding carboxylic acids is 1. The summed E-state index contributed by atoms with van der Waals surface area (Å²) in [6, 6.07) is 18.2. The van der Waals surface area contributed by atoms with Crippen LogP contribution in [-0.2, 0) is 0 Å². The van der Waals surface area contributed by atoms with Crippen LogP contribution in [0.3, 0.4) is 0 Å². The lowest BCUT2D eigenvalue weighted by Crippen LogP contribution is -2.34. The number of nitrogens with one attached hydrogen (secondary N) is 2. The summed E-state index contributed by atoms with van der Waals surface area (Å²) in [7, 11) is 4.13. The first-order valence-corrected chi connectivity index (χ1v) is 10.8. The maximum Gasteiger partial charge on any atom is 0.253 e. The molecule has 2 aromatic heterocycles. The zero-order chi connectivity index (χ0) is 22.1. The van der Waals surface area contributed by atoms with Gasteiger partial charge in [0, 0.05) is 41.3 Å². The fraction of sp³-hybridized carbons (Fsp3) is 0.240. The van der Waals surface area contributed by atoms with Crippen LogP contribution in [0.2, 0.25) is 0 Å². The standard InChI is InChI=1S/C25H26N6O/c1-30(2)20-11-12-31(16-20)25(32)17-7-9-19(10-8-17)27-24-15-26-14-23(29-24)22-13-18-5-3-4-6-21(18)28-22/h3-10,13-15,20,28H,11-12,16H2,1-2H3,(H,27,29). The molecule has 1 fully saturated rings. The molecule has 3 heterocycles. The molecule has 2 N–H and O–H groups in total. The van der Waals surface area contributed by atoms with Gasteiger partial charge in [0.15, 0.2) is 0 Å². The largest absolute Gasteiger partial charge is 0.353 e. The van der Waals surface area contributed by atoms with E-state index < -0.39 is 0 Å². The summed E-state index contributed by atoms with van der Waals surface area (Å²) in [6.45, 7) is 1.58. The molecule has 0 spiro atoms. The van der Waals surface area contributed by atoms with Gasteiger partial charge < -0.3 is 20.1 Å². The van der Waals surface area contributed by atoms with Crippen LogP contribution in [0.5, 0.6) is 0 Å². The van der Waals surface area contributed by atoms with Crippen LogP contribution in [0.25, 0.3) is 22.3 Å². The first-order valence-electron chi connectivity index (χ1n) is 10.8. The third kappa shape index (κ3) is 4.07. The van der Waals surface area contributed by atoms with Crippen LogP contribution in [0.4, 0.5) is 11.5 Å². The molecule has 7 heteroatoms. The van der Waals surface area contributed by atoms with Gasteiger partial charge in [-0.3, -0.25) is 9.78 Å². The van der Waals surface area contributed by atoms with E-state index in [1.165, 1.54) is 0 Å². The highest BCUT2D eigenvalue weighted by molar-refractivity contribution is 5.95. The molecule has 32 heavy (non-hydrogen) atoms. The van der Waals surface area contributed by atoms with Crippen molar-refractivity contribution in [1.29, 1.82) is 0 Å². The predicted molar refractivity (Wildman–Crippen MR) is 127 cm³/mol. The second kappa shape index (κ2) is 8.43. The van der Waals surface area contributed by atoms with Crippen molar-refractivity contribution in [2.45, 2.75) is 12.5 Å². The lowest BCUT2D eigenvalue weighted by atomic mass is 10.2. The molecule has 0 aliphatic carbocycles. The number of fused-ring (bicyclic) bond motifs is 1. The Morgan fingerprint density at radius 1 is 1.12 bits per heavy atom. The molecule has 1 amide bonds. The SMILES string of the molecule is CN(C)C1CCN(C(=O)c2ccc(Nc3cncc(-c4cc5ccccc5[nH]4)n3)cc2)C1. The summed E-state index contributed by atoms with van der Waals surface area (Å²) in [5.74, 6) is 0.732. The third-order valence-corrected chi connectivity index (χ3v) is 6.03. The van der Waals surface area contributed by atoms with Gasteiger partial charge in [0.05, 0.1) is 18.1 Å². The van der Waals surface area contributed by atoms with Crippen molar-refractivity contribution >= 4 is 28.3 Å². The van der Waals surface area contributed by atoms with Crippen molar-refractivity contribution in [1.82, 2.24) is 24.8 Å². The summed E-state index contributed by atoms with van der Waals surface area (Å²) < 4.78 is 0. The molecule has 1 unspecified atom stereocenters. The molecule has 0 saturated carbocycles. The van der Waals surface area contributed by atoms with Gasteiger partial charge in [-0.25, -0.2) is 4.98 Å². The minimum absolute atomic E-state index is 0.0847. The van der Waals surface area contributed by atoms with E-state index in [9.17, 15) is 4.79 Å². The number of nitrogens with zero attached hydrogens (tertiary/aromatic N) is 4. The average Bonchev–Trinajstić information content (AvgIpc) is 3.47. The number of H-pyrrole nitrogens is 1. The molecule has 1 atom stereocenters. The Morgan fingerprint density at radius 2 is 1.94 bits per heavy atom. The van der Waals surface area contributed by atoms with Crippen LogP contribution in [0.1, 0.15) is 16.8 Å². The number of likely N-dealkylation sites (tertiary alicyclic amines) is 1. The number of anilines is 2. The molecule has 1 aliphatic heterocycles. The van der Waals surface area contributed by atoms with Gasteiger partial charge in [0.2, 0.25) is 0 Å². The first kappa shape index (κ1) is 20.2. The van der Waals surface area contributed by atoms with Gasteiger partial charge in [-0.2, -0.15) is 0 Å². The lowest BCUT2D eigenvalue weighted by molar-refractivity contribution is 0.0783. The van der Waals surface area contributed by atoms with Gasteiger partial charge in [-0.1, -0.05) is 18.2 Å². The molecule has 5 rings (SSSR count). The normalized spacial score (nSPS) is 16.1. The topological polar surface area (TPSA) is 77.1 Å². The second-order valence-electron chi connectivity index (χ2n) is 8.42. The number of hydrogen-bond donors (Lipinski definition) is 2. The number of hydrogen-bond acceptors (Lipinski definition) is 5. The summed E-state index contributed by atoms with van der Waals surface area (Å²) in [6.07, 6.45) is 4.45. The van der Waals surface area contributed by atoms with Crippen LogP contribution < -0.4 is 5.32 Å². The summed E-state index contributed by atoms with van der Waals surface area (Å²) in [4.78, 5) is 29.4. The highest BCUT2D eigenvalue weighted by atomic mass is 16.2. The molecule has 2 aromatic carbocycles. The van der Waals surface area contributed by atoms with Gasteiger partial charge in [-0.15, -0.1) is 0 Å². The van der Waals surface area contributed by atoms with Crippen LogP contribution >= 0.6 is 0 Å². The maximum absolute atomic E-state index is 12.8. The van der Waals surface area contributed by atoms with Crippen molar-refractivity contribution in [3.05, 3.63) is 72.6 Å². The van der Waals surface area contributed by atoms with Crippen molar-refractivity contribution in [2.75, 3.05) is 32.5 Å². The van der Waals surface area contributed by atoms with Gasteiger partial charge in [0.1, 0.15) is 11.5 Å². The van der Waals surface area contributed by atoms with Crippen molar-refractivity contribution in [3.8, 4) is 11.4 Å². The van der Waals surface area contributed by atoms with Crippen LogP contribution in [-0.4, -0.2) is 63.9 Å². The predicted octanol–water partition coefficient (Wildman–Crippen LogP) is 4.14. The Bertz CT molecular complexity index is 1210. The van der Waals surface area contributed by atoms with E-state index in [0.29, 0.717) is 17.4 Å². The molecule has 0 radical (unpaired) electrons. The Balaban J connectivity index is 1.29. The van der Waals surface area contributed by atoms with Gasteiger partial charge in [0.25, 0.3) is 5.91 Å². The lowest BCUT2D eigenvalue weighted by Gasteiger charge is -2.20. The van der Waals surface area contributed by atoms with E-state index in [1.54, 1.807) is 12.4 Å². The molecule has 1 saturated heterocycles. The molecule has 7 nitrogen and oxygen atoms in total. The van der Waals surface area contributed by atoms with E-state index in [-0.39, 0.29) is 5.91 Å². The maximum atomic E-state index is 12.8. The van der Waals surface area contributed by atoms with Crippen molar-refractivity contribution in [2.24, 2.45) is 0 Å². The summed E-state index contributed by atoms with van der Waals surface area (Å²) in [5, 5.41) is 4.42. The van der Waals surface area contributed by atoms with E-state index in [0.717, 1.165) is 47.5 Å². The van der Waals surface area contributed by atoms with Crippen molar-refractivity contribution in [3.63, 3.8) is 0 Å². The van der Waals surface area contributed by atoms with E-state index in [4.69, 9.17) is 4.98 Å². The van der Waals surface area contributed by atoms with Gasteiger partial charge in [-0.05, 0) is 56.9 Å². The molecule has 0 bridgehead atoms. The number of carbonyl (C=O) groups is 1. The highest BCUT2D eigenvalue weighted by Gasteiger charge is 2.27. The molecule has 1 aliphatic rings. The van der Waals surface area contributed by atoms with Crippen LogP contribution in [0, 0.1) is 0 Å². The number of amides is 1. The molecule has 162 valence electrons. The zero-order valence-electron chi connectivity index (χ0n) is 18.2. The smallest absolute Gasteiger partial charge is 0.253 e. The highest BCUT2D eigenvalue weighted by Crippen LogP contribution is 2.24. The Labute approximate surface area is 187 Å². The molecule has 4 aromatic rings. The number of benzene rings is 2. The van der Waals surface area contributed by atoms with Crippen LogP contribution in [0.15, 0.2) is 67.0 Å². The molecular weight excluding hydrogens is 400 g/mol. The third-order valence-electron chi connectivity index (χ3n) is 6.03. The summed E-state index contributed by atoms with van der Waals surface area (Å²) in [5.41, 5.74) is 4.32. The van der Waals surface area contributed by atoms with Crippen molar-refractivity contribution < 1.29 is 4.79 Å². The number of likely N-dealkylation sites (N-methyl/N-ethyl adjacent to an activating group) is 1. The first-order chi connectivity index (χ1) is 15.6. The number of para-hydroxylation sites is 1. The molecular formula is C25H26N6O. The van der Waals surface area contributed by atoms with E-state index in [1.807, 2.05) is 47.4 Å².